The van der Waals surface area contributed by atoms with E-state index in [1.165, 1.54) is 16.7 Å². The molecule has 1 atom stereocenters. The molecule has 162 valence electrons. The van der Waals surface area contributed by atoms with E-state index in [2.05, 4.69) is 66.8 Å². The predicted molar refractivity (Wildman–Crippen MR) is 120 cm³/mol. The van der Waals surface area contributed by atoms with E-state index in [-0.39, 0.29) is 5.92 Å². The van der Waals surface area contributed by atoms with Gasteiger partial charge < -0.3 is 9.94 Å². The van der Waals surface area contributed by atoms with E-state index < -0.39 is 5.97 Å². The molecule has 0 radical (unpaired) electrons. The van der Waals surface area contributed by atoms with Gasteiger partial charge in [-0.05, 0) is 54.0 Å². The van der Waals surface area contributed by atoms with Gasteiger partial charge in [-0.1, -0.05) is 49.8 Å². The molecule has 3 aliphatic rings. The van der Waals surface area contributed by atoms with Crippen molar-refractivity contribution in [3.05, 3.63) is 70.9 Å². The number of anilines is 1. The fourth-order valence-electron chi connectivity index (χ4n) is 4.84. The van der Waals surface area contributed by atoms with Crippen molar-refractivity contribution in [1.29, 1.82) is 0 Å². The third-order valence-electron chi connectivity index (χ3n) is 6.53. The largest absolute Gasteiger partial charge is 0.481 e. The molecule has 2 heterocycles. The number of hydrogen-bond donors (Lipinski definition) is 2. The Hall–Kier alpha value is -2.83. The summed E-state index contributed by atoms with van der Waals surface area (Å²) in [5.74, 6) is 0.554. The minimum Gasteiger partial charge on any atom is -0.481 e. The summed E-state index contributed by atoms with van der Waals surface area (Å²) in [4.78, 5) is 19.1. The number of likely N-dealkylation sites (tertiary alicyclic amines) is 1. The van der Waals surface area contributed by atoms with Crippen molar-refractivity contribution in [2.75, 3.05) is 18.1 Å². The molecule has 1 aliphatic carbocycles. The molecule has 1 unspecified atom stereocenters. The van der Waals surface area contributed by atoms with Crippen LogP contribution in [0.25, 0.3) is 5.76 Å². The topological polar surface area (TPSA) is 65.0 Å². The molecule has 0 saturated carbocycles. The zero-order valence-electron chi connectivity index (χ0n) is 18.0. The quantitative estimate of drug-likeness (QED) is 0.734. The van der Waals surface area contributed by atoms with E-state index in [1.807, 2.05) is 11.2 Å². The van der Waals surface area contributed by atoms with Crippen molar-refractivity contribution in [2.24, 2.45) is 11.8 Å². The second-order valence-corrected chi connectivity index (χ2v) is 9.28. The Kier molecular flexibility index (Phi) is 5.20. The number of nitrogens with zero attached hydrogens (tertiary/aromatic N) is 2. The number of carboxylic acids is 1. The minimum atomic E-state index is -0.679. The molecule has 1 fully saturated rings. The SMILES string of the molecule is CC(C)Cc1ccc(C2=CN(c3ccc4c(c3)CCC4N3CC(C(=O)O)C3)NO2)cc1. The highest BCUT2D eigenvalue weighted by Crippen LogP contribution is 2.41. The average Bonchev–Trinajstić information content (AvgIpc) is 3.34. The third-order valence-corrected chi connectivity index (χ3v) is 6.53. The highest BCUT2D eigenvalue weighted by atomic mass is 16.7. The van der Waals surface area contributed by atoms with Gasteiger partial charge in [0.25, 0.3) is 0 Å². The van der Waals surface area contributed by atoms with Crippen molar-refractivity contribution >= 4 is 17.4 Å². The summed E-state index contributed by atoms with van der Waals surface area (Å²) >= 11 is 0. The summed E-state index contributed by atoms with van der Waals surface area (Å²) in [5, 5.41) is 11.1. The fraction of sp³-hybridized carbons (Fsp3) is 0.400. The number of aryl methyl sites for hydroxylation is 1. The van der Waals surface area contributed by atoms with Crippen LogP contribution in [0.4, 0.5) is 5.69 Å². The summed E-state index contributed by atoms with van der Waals surface area (Å²) in [7, 11) is 0. The molecule has 2 aromatic carbocycles. The molecule has 31 heavy (non-hydrogen) atoms. The smallest absolute Gasteiger partial charge is 0.309 e. The maximum atomic E-state index is 11.1. The van der Waals surface area contributed by atoms with Crippen LogP contribution in [0.3, 0.4) is 0 Å². The lowest BCUT2D eigenvalue weighted by Crippen LogP contribution is -2.51. The first-order valence-electron chi connectivity index (χ1n) is 11.1. The van der Waals surface area contributed by atoms with Gasteiger partial charge >= 0.3 is 5.97 Å². The number of aliphatic carboxylic acids is 1. The Labute approximate surface area is 183 Å². The first-order chi connectivity index (χ1) is 15.0. The Morgan fingerprint density at radius 2 is 1.97 bits per heavy atom. The Bertz CT molecular complexity index is 1010. The number of fused-ring (bicyclic) bond motifs is 1. The molecular formula is C25H29N3O3. The zero-order chi connectivity index (χ0) is 21.5. The number of carboxylic acid groups (broad SMARTS) is 1. The monoisotopic (exact) mass is 419 g/mol. The first kappa shape index (κ1) is 20.1. The Balaban J connectivity index is 1.28. The van der Waals surface area contributed by atoms with Crippen molar-refractivity contribution in [3.8, 4) is 0 Å². The maximum absolute atomic E-state index is 11.1. The van der Waals surface area contributed by atoms with Crippen LogP contribution in [-0.2, 0) is 22.5 Å². The van der Waals surface area contributed by atoms with E-state index in [9.17, 15) is 4.79 Å². The van der Waals surface area contributed by atoms with E-state index in [0.717, 1.165) is 36.3 Å². The number of carbonyl (C=O) groups is 1. The van der Waals surface area contributed by atoms with Crippen LogP contribution in [0.2, 0.25) is 0 Å². The van der Waals surface area contributed by atoms with Gasteiger partial charge in [-0.25, -0.2) is 5.01 Å². The summed E-state index contributed by atoms with van der Waals surface area (Å²) in [6.07, 6.45) is 5.14. The van der Waals surface area contributed by atoms with Crippen molar-refractivity contribution < 1.29 is 14.7 Å². The molecule has 5 rings (SSSR count). The number of nitrogens with one attached hydrogen (secondary N) is 1. The van der Waals surface area contributed by atoms with Crippen LogP contribution in [-0.4, -0.2) is 29.1 Å². The molecule has 0 amide bonds. The highest BCUT2D eigenvalue weighted by molar-refractivity contribution is 5.71. The van der Waals surface area contributed by atoms with Crippen LogP contribution >= 0.6 is 0 Å². The number of hydrogen-bond acceptors (Lipinski definition) is 5. The van der Waals surface area contributed by atoms with Crippen LogP contribution in [0, 0.1) is 11.8 Å². The van der Waals surface area contributed by atoms with Gasteiger partial charge in [0.2, 0.25) is 0 Å². The summed E-state index contributed by atoms with van der Waals surface area (Å²) in [5.41, 5.74) is 9.10. The Morgan fingerprint density at radius 1 is 1.19 bits per heavy atom. The minimum absolute atomic E-state index is 0.211. The fourth-order valence-corrected chi connectivity index (χ4v) is 4.84. The Morgan fingerprint density at radius 3 is 2.68 bits per heavy atom. The van der Waals surface area contributed by atoms with Crippen molar-refractivity contribution in [3.63, 3.8) is 0 Å². The molecule has 1 saturated heterocycles. The lowest BCUT2D eigenvalue weighted by Gasteiger charge is -2.41. The molecule has 2 aromatic rings. The van der Waals surface area contributed by atoms with Gasteiger partial charge in [0.15, 0.2) is 5.76 Å². The van der Waals surface area contributed by atoms with Crippen LogP contribution < -0.4 is 10.6 Å². The molecule has 6 heteroatoms. The lowest BCUT2D eigenvalue weighted by atomic mass is 9.95. The highest BCUT2D eigenvalue weighted by Gasteiger charge is 2.39. The van der Waals surface area contributed by atoms with Gasteiger partial charge in [0, 0.05) is 24.7 Å². The van der Waals surface area contributed by atoms with E-state index in [0.29, 0.717) is 25.0 Å². The second kappa shape index (κ2) is 8.02. The normalized spacial score (nSPS) is 21.1. The molecule has 0 bridgehead atoms. The van der Waals surface area contributed by atoms with Crippen LogP contribution in [0.5, 0.6) is 0 Å². The summed E-state index contributed by atoms with van der Waals surface area (Å²) < 4.78 is 0. The molecule has 6 nitrogen and oxygen atoms in total. The molecule has 2 aliphatic heterocycles. The van der Waals surface area contributed by atoms with Crippen molar-refractivity contribution in [1.82, 2.24) is 10.5 Å². The van der Waals surface area contributed by atoms with Crippen LogP contribution in [0.1, 0.15) is 48.6 Å². The zero-order valence-corrected chi connectivity index (χ0v) is 18.0. The summed E-state index contributed by atoms with van der Waals surface area (Å²) in [6, 6.07) is 15.4. The van der Waals surface area contributed by atoms with Gasteiger partial charge in [-0.15, -0.1) is 0 Å². The standard InChI is InChI=1S/C25H29N3O3/c1-16(2)11-17-3-5-18(6-4-17)24-15-28(26-31-24)21-8-9-22-19(12-21)7-10-23(22)27-13-20(14-27)25(29)30/h3-6,8-9,12,15-16,20,23,26H,7,10-11,13-14H2,1-2H3,(H,29,30). The predicted octanol–water partition coefficient (Wildman–Crippen LogP) is 4.14. The van der Waals surface area contributed by atoms with E-state index in [4.69, 9.17) is 9.94 Å². The molecule has 2 N–H and O–H groups in total. The van der Waals surface area contributed by atoms with Gasteiger partial charge in [0.1, 0.15) is 0 Å². The first-order valence-corrected chi connectivity index (χ1v) is 11.1. The molecule has 0 spiro atoms. The lowest BCUT2D eigenvalue weighted by molar-refractivity contribution is -0.148. The van der Waals surface area contributed by atoms with E-state index >= 15 is 0 Å². The average molecular weight is 420 g/mol. The maximum Gasteiger partial charge on any atom is 0.309 e. The summed E-state index contributed by atoms with van der Waals surface area (Å²) in [6.45, 7) is 5.77. The van der Waals surface area contributed by atoms with Gasteiger partial charge in [0.05, 0.1) is 17.8 Å². The number of hydrazine groups is 1. The van der Waals surface area contributed by atoms with Gasteiger partial charge in [-0.3, -0.25) is 9.69 Å². The third kappa shape index (κ3) is 3.93. The number of rotatable bonds is 6. The molecule has 0 aromatic heterocycles. The molecular weight excluding hydrogens is 390 g/mol. The van der Waals surface area contributed by atoms with Gasteiger partial charge in [-0.2, -0.15) is 0 Å². The van der Waals surface area contributed by atoms with Crippen LogP contribution in [0.15, 0.2) is 48.7 Å². The second-order valence-electron chi connectivity index (χ2n) is 9.28. The van der Waals surface area contributed by atoms with Crippen molar-refractivity contribution in [2.45, 2.75) is 39.2 Å². The number of benzene rings is 2. The van der Waals surface area contributed by atoms with E-state index in [1.54, 1.807) is 0 Å².